The second kappa shape index (κ2) is 9.55. The lowest BCUT2D eigenvalue weighted by atomic mass is 10.2. The zero-order chi connectivity index (χ0) is 25.2. The van der Waals surface area contributed by atoms with Crippen molar-refractivity contribution < 1.29 is 17.5 Å². The van der Waals surface area contributed by atoms with Crippen molar-refractivity contribution in [3.8, 4) is 11.8 Å². The molecule has 10 nitrogen and oxygen atoms in total. The number of anilines is 4. The number of ether oxygens (including phenoxy) is 1. The molecule has 0 saturated heterocycles. The van der Waals surface area contributed by atoms with Crippen LogP contribution in [0.15, 0.2) is 41.3 Å². The Morgan fingerprint density at radius 1 is 1.09 bits per heavy atom. The Labute approximate surface area is 201 Å². The standard InChI is InChI=1S/C23H22FN7O3S/c1-4-9-34-18-7-8-20(29-17(18)12-25)30-21-11-16(22-23(31-21)27-13(2)26-22)28-15-6-5-14(24)10-19(15)35(3,32)33/h5-8,10-11H,4,9H2,1-3H3,(H3,26,27,28,29,30,31). The van der Waals surface area contributed by atoms with Crippen molar-refractivity contribution in [1.29, 1.82) is 5.26 Å². The van der Waals surface area contributed by atoms with E-state index in [1.165, 1.54) is 12.1 Å². The van der Waals surface area contributed by atoms with Gasteiger partial charge in [-0.15, -0.1) is 0 Å². The number of hydrogen-bond acceptors (Lipinski definition) is 9. The second-order valence-electron chi connectivity index (χ2n) is 7.74. The maximum absolute atomic E-state index is 13.8. The van der Waals surface area contributed by atoms with Gasteiger partial charge in [-0.3, -0.25) is 0 Å². The van der Waals surface area contributed by atoms with Gasteiger partial charge >= 0.3 is 0 Å². The number of sulfone groups is 1. The highest BCUT2D eigenvalue weighted by Crippen LogP contribution is 2.32. The summed E-state index contributed by atoms with van der Waals surface area (Å²) in [5, 5.41) is 15.5. The summed E-state index contributed by atoms with van der Waals surface area (Å²) in [5.41, 5.74) is 1.68. The molecule has 12 heteroatoms. The maximum atomic E-state index is 13.8. The van der Waals surface area contributed by atoms with Crippen LogP contribution in [0.2, 0.25) is 0 Å². The van der Waals surface area contributed by atoms with Crippen molar-refractivity contribution in [3.05, 3.63) is 53.7 Å². The third-order valence-electron chi connectivity index (χ3n) is 4.87. The maximum Gasteiger partial charge on any atom is 0.184 e. The molecule has 0 spiro atoms. The Bertz CT molecular complexity index is 1560. The van der Waals surface area contributed by atoms with Gasteiger partial charge in [0.05, 0.1) is 22.9 Å². The molecule has 4 aromatic rings. The SMILES string of the molecule is CCCOc1ccc(Nc2cc(Nc3ccc(F)cc3S(C)(=O)=O)c3[nH]c(C)nc3n2)nc1C#N. The van der Waals surface area contributed by atoms with E-state index in [-0.39, 0.29) is 16.3 Å². The smallest absolute Gasteiger partial charge is 0.184 e. The van der Waals surface area contributed by atoms with Crippen LogP contribution in [0, 0.1) is 24.1 Å². The van der Waals surface area contributed by atoms with E-state index >= 15 is 0 Å². The van der Waals surface area contributed by atoms with Gasteiger partial charge in [-0.1, -0.05) is 6.92 Å². The zero-order valence-electron chi connectivity index (χ0n) is 19.2. The van der Waals surface area contributed by atoms with Gasteiger partial charge in [0.2, 0.25) is 0 Å². The number of nitriles is 1. The molecule has 180 valence electrons. The highest BCUT2D eigenvalue weighted by atomic mass is 32.2. The molecule has 0 saturated carbocycles. The van der Waals surface area contributed by atoms with Gasteiger partial charge in [-0.25, -0.2) is 27.8 Å². The predicted octanol–water partition coefficient (Wildman–Crippen LogP) is 4.35. The molecule has 0 atom stereocenters. The van der Waals surface area contributed by atoms with Crippen LogP contribution in [-0.4, -0.2) is 41.2 Å². The fourth-order valence-electron chi connectivity index (χ4n) is 3.37. The molecule has 0 unspecified atom stereocenters. The van der Waals surface area contributed by atoms with Crippen molar-refractivity contribution in [2.24, 2.45) is 0 Å². The second-order valence-corrected chi connectivity index (χ2v) is 9.73. The number of aromatic nitrogens is 4. The van der Waals surface area contributed by atoms with E-state index in [1.54, 1.807) is 25.1 Å². The molecule has 3 heterocycles. The van der Waals surface area contributed by atoms with E-state index in [0.717, 1.165) is 18.7 Å². The third-order valence-corrected chi connectivity index (χ3v) is 6.01. The van der Waals surface area contributed by atoms with Crippen LogP contribution in [0.4, 0.5) is 27.4 Å². The topological polar surface area (TPSA) is 146 Å². The first-order valence-electron chi connectivity index (χ1n) is 10.6. The minimum absolute atomic E-state index is 0.127. The fraction of sp³-hybridized carbons (Fsp3) is 0.217. The lowest BCUT2D eigenvalue weighted by Gasteiger charge is -2.14. The number of halogens is 1. The highest BCUT2D eigenvalue weighted by Gasteiger charge is 2.18. The van der Waals surface area contributed by atoms with Crippen LogP contribution >= 0.6 is 0 Å². The number of nitrogens with zero attached hydrogens (tertiary/aromatic N) is 4. The molecule has 35 heavy (non-hydrogen) atoms. The Morgan fingerprint density at radius 3 is 2.60 bits per heavy atom. The van der Waals surface area contributed by atoms with Gasteiger partial charge in [0.25, 0.3) is 0 Å². The molecule has 0 radical (unpaired) electrons. The summed E-state index contributed by atoms with van der Waals surface area (Å²) in [4.78, 5) is 16.0. The van der Waals surface area contributed by atoms with Crippen LogP contribution in [-0.2, 0) is 9.84 Å². The predicted molar refractivity (Wildman–Crippen MR) is 129 cm³/mol. The number of pyridine rings is 2. The number of benzene rings is 1. The van der Waals surface area contributed by atoms with Gasteiger partial charge in [-0.2, -0.15) is 5.26 Å². The number of hydrogen-bond donors (Lipinski definition) is 3. The average molecular weight is 496 g/mol. The van der Waals surface area contributed by atoms with E-state index in [9.17, 15) is 18.1 Å². The molecule has 4 rings (SSSR count). The molecular weight excluding hydrogens is 473 g/mol. The Morgan fingerprint density at radius 2 is 1.89 bits per heavy atom. The first kappa shape index (κ1) is 23.9. The van der Waals surface area contributed by atoms with Crippen LogP contribution in [0.25, 0.3) is 11.2 Å². The molecule has 3 N–H and O–H groups in total. The molecule has 1 aromatic carbocycles. The third kappa shape index (κ3) is 5.30. The Hall–Kier alpha value is -4.24. The zero-order valence-corrected chi connectivity index (χ0v) is 20.0. The van der Waals surface area contributed by atoms with Gasteiger partial charge < -0.3 is 20.4 Å². The normalized spacial score (nSPS) is 11.3. The van der Waals surface area contributed by atoms with E-state index in [0.29, 0.717) is 46.7 Å². The number of nitrogens with one attached hydrogen (secondary N) is 3. The first-order valence-corrected chi connectivity index (χ1v) is 12.5. The number of aromatic amines is 1. The van der Waals surface area contributed by atoms with Crippen molar-refractivity contribution >= 4 is 44.0 Å². The van der Waals surface area contributed by atoms with Crippen LogP contribution in [0.3, 0.4) is 0 Å². The molecule has 0 aliphatic heterocycles. The minimum atomic E-state index is -3.71. The van der Waals surface area contributed by atoms with Crippen molar-refractivity contribution in [3.63, 3.8) is 0 Å². The molecule has 0 aliphatic carbocycles. The quantitative estimate of drug-likeness (QED) is 0.325. The average Bonchev–Trinajstić information content (AvgIpc) is 3.19. The summed E-state index contributed by atoms with van der Waals surface area (Å²) in [7, 11) is -3.71. The van der Waals surface area contributed by atoms with Crippen molar-refractivity contribution in [2.75, 3.05) is 23.5 Å². The number of rotatable bonds is 8. The monoisotopic (exact) mass is 495 g/mol. The Balaban J connectivity index is 1.74. The number of aryl methyl sites for hydroxylation is 1. The van der Waals surface area contributed by atoms with E-state index in [1.807, 2.05) is 13.0 Å². The summed E-state index contributed by atoms with van der Waals surface area (Å²) < 4.78 is 43.8. The molecular formula is C23H22FN7O3S. The lowest BCUT2D eigenvalue weighted by molar-refractivity contribution is 0.315. The van der Waals surface area contributed by atoms with Gasteiger partial charge in [0, 0.05) is 12.3 Å². The first-order chi connectivity index (χ1) is 16.7. The van der Waals surface area contributed by atoms with Gasteiger partial charge in [-0.05, 0) is 43.7 Å². The summed E-state index contributed by atoms with van der Waals surface area (Å²) in [5.74, 6) is 1.01. The lowest BCUT2D eigenvalue weighted by Crippen LogP contribution is -2.05. The molecule has 0 fully saturated rings. The van der Waals surface area contributed by atoms with Crippen LogP contribution in [0.5, 0.6) is 5.75 Å². The number of imidazole rings is 1. The number of H-pyrrole nitrogens is 1. The van der Waals surface area contributed by atoms with Gasteiger partial charge in [0.1, 0.15) is 34.9 Å². The van der Waals surface area contributed by atoms with Crippen LogP contribution in [0.1, 0.15) is 24.9 Å². The Kier molecular flexibility index (Phi) is 6.52. The fourth-order valence-corrected chi connectivity index (χ4v) is 4.22. The van der Waals surface area contributed by atoms with Crippen molar-refractivity contribution in [1.82, 2.24) is 19.9 Å². The van der Waals surface area contributed by atoms with Crippen molar-refractivity contribution in [2.45, 2.75) is 25.2 Å². The number of fused-ring (bicyclic) bond motifs is 1. The largest absolute Gasteiger partial charge is 0.491 e. The van der Waals surface area contributed by atoms with E-state index < -0.39 is 15.7 Å². The summed E-state index contributed by atoms with van der Waals surface area (Å²) in [6, 6.07) is 10.4. The molecule has 3 aromatic heterocycles. The van der Waals surface area contributed by atoms with E-state index in [2.05, 4.69) is 30.6 Å². The molecule has 0 amide bonds. The van der Waals surface area contributed by atoms with Crippen LogP contribution < -0.4 is 15.4 Å². The molecule has 0 bridgehead atoms. The highest BCUT2D eigenvalue weighted by molar-refractivity contribution is 7.90. The summed E-state index contributed by atoms with van der Waals surface area (Å²) >= 11 is 0. The summed E-state index contributed by atoms with van der Waals surface area (Å²) in [6.07, 6.45) is 1.80. The summed E-state index contributed by atoms with van der Waals surface area (Å²) in [6.45, 7) is 4.19. The molecule has 0 aliphatic rings. The van der Waals surface area contributed by atoms with Gasteiger partial charge in [0.15, 0.2) is 26.9 Å². The minimum Gasteiger partial charge on any atom is -0.491 e. The van der Waals surface area contributed by atoms with E-state index in [4.69, 9.17) is 4.74 Å².